The van der Waals surface area contributed by atoms with Crippen LogP contribution in [0.3, 0.4) is 0 Å². The van der Waals surface area contributed by atoms with E-state index in [0.717, 1.165) is 17.8 Å². The van der Waals surface area contributed by atoms with E-state index in [2.05, 4.69) is 10.4 Å². The number of ether oxygens (including phenoxy) is 2. The van der Waals surface area contributed by atoms with Crippen LogP contribution in [0, 0.1) is 13.8 Å². The van der Waals surface area contributed by atoms with Gasteiger partial charge in [-0.2, -0.15) is 5.10 Å². The largest absolute Gasteiger partial charge is 0.497 e. The van der Waals surface area contributed by atoms with E-state index < -0.39 is 0 Å². The molecule has 0 aliphatic rings. The third-order valence-corrected chi connectivity index (χ3v) is 4.29. The molecule has 0 aliphatic heterocycles. The Morgan fingerprint density at radius 3 is 2.33 bits per heavy atom. The summed E-state index contributed by atoms with van der Waals surface area (Å²) in [6.07, 6.45) is 0.755. The minimum atomic E-state index is -0.168. The molecule has 0 atom stereocenters. The molecule has 0 saturated carbocycles. The van der Waals surface area contributed by atoms with Crippen LogP contribution in [0.1, 0.15) is 28.2 Å². The van der Waals surface area contributed by atoms with Gasteiger partial charge < -0.3 is 14.8 Å². The standard InChI is InChI=1S/C17H22ClN3O3/c1-11-16(18)12(2)21(20-11)7-5-6-19-17(22)13-8-14(23-3)10-15(9-13)24-4/h8-10H,5-7H2,1-4H3,(H,19,22). The lowest BCUT2D eigenvalue weighted by molar-refractivity contribution is 0.0952. The van der Waals surface area contributed by atoms with Gasteiger partial charge in [-0.05, 0) is 32.4 Å². The van der Waals surface area contributed by atoms with Crippen molar-refractivity contribution in [2.24, 2.45) is 0 Å². The zero-order valence-electron chi connectivity index (χ0n) is 14.4. The molecular formula is C17H22ClN3O3. The van der Waals surface area contributed by atoms with Crippen LogP contribution in [0.4, 0.5) is 0 Å². The summed E-state index contributed by atoms with van der Waals surface area (Å²) in [5.41, 5.74) is 2.26. The van der Waals surface area contributed by atoms with Gasteiger partial charge >= 0.3 is 0 Å². The number of rotatable bonds is 7. The van der Waals surface area contributed by atoms with E-state index >= 15 is 0 Å². The highest BCUT2D eigenvalue weighted by molar-refractivity contribution is 6.31. The highest BCUT2D eigenvalue weighted by Gasteiger charge is 2.11. The second-order valence-electron chi connectivity index (χ2n) is 5.42. The maximum atomic E-state index is 12.3. The molecule has 6 nitrogen and oxygen atoms in total. The molecule has 1 aromatic carbocycles. The maximum Gasteiger partial charge on any atom is 0.251 e. The fraction of sp³-hybridized carbons (Fsp3) is 0.412. The van der Waals surface area contributed by atoms with Crippen molar-refractivity contribution in [2.45, 2.75) is 26.8 Å². The van der Waals surface area contributed by atoms with Crippen molar-refractivity contribution in [1.82, 2.24) is 15.1 Å². The first-order chi connectivity index (χ1) is 11.5. The van der Waals surface area contributed by atoms with Gasteiger partial charge in [0.05, 0.1) is 30.6 Å². The zero-order chi connectivity index (χ0) is 17.7. The molecule has 0 radical (unpaired) electrons. The molecule has 0 bridgehead atoms. The molecule has 1 heterocycles. The van der Waals surface area contributed by atoms with Crippen LogP contribution in [0.2, 0.25) is 5.02 Å². The van der Waals surface area contributed by atoms with Crippen LogP contribution in [0.25, 0.3) is 0 Å². The molecule has 0 unspecified atom stereocenters. The van der Waals surface area contributed by atoms with Crippen LogP contribution in [-0.4, -0.2) is 36.5 Å². The summed E-state index contributed by atoms with van der Waals surface area (Å²) in [6.45, 7) is 5.04. The Morgan fingerprint density at radius 2 is 1.83 bits per heavy atom. The van der Waals surface area contributed by atoms with Crippen LogP contribution < -0.4 is 14.8 Å². The molecule has 0 saturated heterocycles. The quantitative estimate of drug-likeness (QED) is 0.779. The van der Waals surface area contributed by atoms with Gasteiger partial charge in [0, 0.05) is 24.7 Å². The number of benzene rings is 1. The lowest BCUT2D eigenvalue weighted by Crippen LogP contribution is -2.25. The SMILES string of the molecule is COc1cc(OC)cc(C(=O)NCCCn2nc(C)c(Cl)c2C)c1. The predicted molar refractivity (Wildman–Crippen MR) is 93.2 cm³/mol. The van der Waals surface area contributed by atoms with E-state index in [1.54, 1.807) is 32.4 Å². The Hall–Kier alpha value is -2.21. The van der Waals surface area contributed by atoms with Crippen LogP contribution in [0.15, 0.2) is 18.2 Å². The van der Waals surface area contributed by atoms with Gasteiger partial charge in [-0.15, -0.1) is 0 Å². The van der Waals surface area contributed by atoms with Crippen molar-refractivity contribution in [3.8, 4) is 11.5 Å². The Kier molecular flexibility index (Phi) is 6.09. The number of aromatic nitrogens is 2. The van der Waals surface area contributed by atoms with Gasteiger partial charge in [0.25, 0.3) is 5.91 Å². The number of amides is 1. The topological polar surface area (TPSA) is 65.4 Å². The summed E-state index contributed by atoms with van der Waals surface area (Å²) >= 11 is 6.12. The van der Waals surface area contributed by atoms with Crippen LogP contribution >= 0.6 is 11.6 Å². The highest BCUT2D eigenvalue weighted by Crippen LogP contribution is 2.22. The average Bonchev–Trinajstić information content (AvgIpc) is 2.84. The summed E-state index contributed by atoms with van der Waals surface area (Å²) in [5, 5.41) is 7.95. The summed E-state index contributed by atoms with van der Waals surface area (Å²) in [5.74, 6) is 0.993. The van der Waals surface area contributed by atoms with Gasteiger partial charge in [0.1, 0.15) is 11.5 Å². The van der Waals surface area contributed by atoms with Crippen LogP contribution in [-0.2, 0) is 6.54 Å². The summed E-state index contributed by atoms with van der Waals surface area (Å²) in [6, 6.07) is 5.08. The minimum Gasteiger partial charge on any atom is -0.497 e. The molecule has 0 fully saturated rings. The Labute approximate surface area is 146 Å². The third-order valence-electron chi connectivity index (χ3n) is 3.74. The molecule has 0 spiro atoms. The summed E-state index contributed by atoms with van der Waals surface area (Å²) in [4.78, 5) is 12.3. The smallest absolute Gasteiger partial charge is 0.251 e. The number of hydrogen-bond acceptors (Lipinski definition) is 4. The van der Waals surface area contributed by atoms with Gasteiger partial charge in [0.15, 0.2) is 0 Å². The molecule has 2 aromatic rings. The molecule has 7 heteroatoms. The van der Waals surface area contributed by atoms with Crippen molar-refractivity contribution >= 4 is 17.5 Å². The van der Waals surface area contributed by atoms with E-state index in [4.69, 9.17) is 21.1 Å². The Bertz CT molecular complexity index is 706. The van der Waals surface area contributed by atoms with Crippen molar-refractivity contribution in [1.29, 1.82) is 0 Å². The first-order valence-electron chi connectivity index (χ1n) is 7.67. The predicted octanol–water partition coefficient (Wildman–Crippen LogP) is 2.99. The number of nitrogens with zero attached hydrogens (tertiary/aromatic N) is 2. The zero-order valence-corrected chi connectivity index (χ0v) is 15.1. The summed E-state index contributed by atoms with van der Waals surface area (Å²) in [7, 11) is 3.10. The number of carbonyl (C=O) groups excluding carboxylic acids is 1. The number of carbonyl (C=O) groups is 1. The van der Waals surface area contributed by atoms with Gasteiger partial charge in [-0.3, -0.25) is 9.48 Å². The highest BCUT2D eigenvalue weighted by atomic mass is 35.5. The second-order valence-corrected chi connectivity index (χ2v) is 5.80. The third kappa shape index (κ3) is 4.20. The van der Waals surface area contributed by atoms with E-state index in [1.807, 2.05) is 18.5 Å². The first kappa shape index (κ1) is 18.1. The number of nitrogens with one attached hydrogen (secondary N) is 1. The normalized spacial score (nSPS) is 10.5. The van der Waals surface area contributed by atoms with Crippen molar-refractivity contribution in [2.75, 3.05) is 20.8 Å². The molecule has 24 heavy (non-hydrogen) atoms. The lowest BCUT2D eigenvalue weighted by atomic mass is 10.2. The lowest BCUT2D eigenvalue weighted by Gasteiger charge is -2.09. The molecule has 1 N–H and O–H groups in total. The average molecular weight is 352 g/mol. The van der Waals surface area contributed by atoms with E-state index in [0.29, 0.717) is 35.2 Å². The minimum absolute atomic E-state index is 0.168. The van der Waals surface area contributed by atoms with Crippen molar-refractivity contribution < 1.29 is 14.3 Å². The number of methoxy groups -OCH3 is 2. The van der Waals surface area contributed by atoms with E-state index in [9.17, 15) is 4.79 Å². The maximum absolute atomic E-state index is 12.3. The fourth-order valence-electron chi connectivity index (χ4n) is 2.36. The molecule has 0 aliphatic carbocycles. The van der Waals surface area contributed by atoms with Gasteiger partial charge in [-0.25, -0.2) is 0 Å². The fourth-order valence-corrected chi connectivity index (χ4v) is 2.50. The Balaban J connectivity index is 1.90. The number of hydrogen-bond donors (Lipinski definition) is 1. The molecular weight excluding hydrogens is 330 g/mol. The second kappa shape index (κ2) is 8.06. The van der Waals surface area contributed by atoms with E-state index in [-0.39, 0.29) is 5.91 Å². The number of aryl methyl sites for hydroxylation is 2. The summed E-state index contributed by atoms with van der Waals surface area (Å²) < 4.78 is 12.2. The van der Waals surface area contributed by atoms with Gasteiger partial charge in [0.2, 0.25) is 0 Å². The number of halogens is 1. The molecule has 2 rings (SSSR count). The van der Waals surface area contributed by atoms with Crippen molar-refractivity contribution in [3.63, 3.8) is 0 Å². The van der Waals surface area contributed by atoms with Crippen molar-refractivity contribution in [3.05, 3.63) is 40.2 Å². The Morgan fingerprint density at radius 1 is 1.21 bits per heavy atom. The monoisotopic (exact) mass is 351 g/mol. The van der Waals surface area contributed by atoms with Crippen LogP contribution in [0.5, 0.6) is 11.5 Å². The van der Waals surface area contributed by atoms with Gasteiger partial charge in [-0.1, -0.05) is 11.6 Å². The van der Waals surface area contributed by atoms with E-state index in [1.165, 1.54) is 0 Å². The molecule has 1 aromatic heterocycles. The molecule has 1 amide bonds. The molecule has 130 valence electrons. The first-order valence-corrected chi connectivity index (χ1v) is 8.04.